The molecule has 0 fully saturated rings. The molecule has 0 saturated heterocycles. The third kappa shape index (κ3) is 2.59. The Hall–Kier alpha value is -1.96. The number of hydrogen-bond acceptors (Lipinski definition) is 2. The summed E-state index contributed by atoms with van der Waals surface area (Å²) in [5.41, 5.74) is 10.1. The van der Waals surface area contributed by atoms with E-state index in [2.05, 4.69) is 18.2 Å². The molecule has 0 atom stereocenters. The molecule has 2 N–H and O–H groups in total. The Labute approximate surface area is 102 Å². The third-order valence-electron chi connectivity index (χ3n) is 2.78. The number of nitrogen functional groups attached to an aromatic ring is 1. The highest BCUT2D eigenvalue weighted by molar-refractivity contribution is 5.69. The van der Waals surface area contributed by atoms with Crippen LogP contribution in [0, 0.1) is 6.92 Å². The highest BCUT2D eigenvalue weighted by Gasteiger charge is 2.00. The smallest absolute Gasteiger partial charge is 0.119 e. The minimum Gasteiger partial charge on any atom is -0.494 e. The van der Waals surface area contributed by atoms with Crippen LogP contribution in [0.15, 0.2) is 42.5 Å². The zero-order valence-electron chi connectivity index (χ0n) is 10.2. The van der Waals surface area contributed by atoms with Gasteiger partial charge in [0.2, 0.25) is 0 Å². The average Bonchev–Trinajstić information content (AvgIpc) is 2.34. The maximum Gasteiger partial charge on any atom is 0.119 e. The highest BCUT2D eigenvalue weighted by Crippen LogP contribution is 2.25. The molecule has 2 heteroatoms. The van der Waals surface area contributed by atoms with Crippen molar-refractivity contribution in [1.29, 1.82) is 0 Å². The average molecular weight is 227 g/mol. The molecule has 2 nitrogen and oxygen atoms in total. The lowest BCUT2D eigenvalue weighted by atomic mass is 10.0. The van der Waals surface area contributed by atoms with Crippen LogP contribution >= 0.6 is 0 Å². The van der Waals surface area contributed by atoms with E-state index in [0.29, 0.717) is 6.61 Å². The van der Waals surface area contributed by atoms with Crippen molar-refractivity contribution in [2.75, 3.05) is 12.3 Å². The molecule has 0 unspecified atom stereocenters. The van der Waals surface area contributed by atoms with Crippen molar-refractivity contribution in [2.45, 2.75) is 13.8 Å². The largest absolute Gasteiger partial charge is 0.494 e. The van der Waals surface area contributed by atoms with Gasteiger partial charge in [0.05, 0.1) is 6.61 Å². The number of rotatable bonds is 3. The van der Waals surface area contributed by atoms with E-state index in [1.165, 1.54) is 0 Å². The fourth-order valence-corrected chi connectivity index (χ4v) is 1.73. The minimum atomic E-state index is 0.691. The summed E-state index contributed by atoms with van der Waals surface area (Å²) < 4.78 is 5.41. The molecule has 17 heavy (non-hydrogen) atoms. The summed E-state index contributed by atoms with van der Waals surface area (Å²) in [5, 5.41) is 0. The third-order valence-corrected chi connectivity index (χ3v) is 2.78. The molecule has 0 aromatic heterocycles. The lowest BCUT2D eigenvalue weighted by Crippen LogP contribution is -1.91. The number of nitrogens with two attached hydrogens (primary N) is 1. The van der Waals surface area contributed by atoms with Crippen molar-refractivity contribution in [3.8, 4) is 16.9 Å². The van der Waals surface area contributed by atoms with Crippen LogP contribution in [-0.2, 0) is 0 Å². The van der Waals surface area contributed by atoms with Crippen molar-refractivity contribution in [3.05, 3.63) is 48.0 Å². The van der Waals surface area contributed by atoms with Gasteiger partial charge in [0.1, 0.15) is 5.75 Å². The van der Waals surface area contributed by atoms with Gasteiger partial charge in [-0.25, -0.2) is 0 Å². The van der Waals surface area contributed by atoms with E-state index >= 15 is 0 Å². The predicted octanol–water partition coefficient (Wildman–Crippen LogP) is 3.64. The van der Waals surface area contributed by atoms with E-state index < -0.39 is 0 Å². The summed E-state index contributed by atoms with van der Waals surface area (Å²) in [6, 6.07) is 14.2. The molecule has 2 aromatic rings. The van der Waals surface area contributed by atoms with E-state index in [0.717, 1.165) is 28.1 Å². The summed E-state index contributed by atoms with van der Waals surface area (Å²) in [4.78, 5) is 0. The molecule has 0 aliphatic rings. The second-order valence-electron chi connectivity index (χ2n) is 4.03. The number of aryl methyl sites for hydroxylation is 1. The minimum absolute atomic E-state index is 0.691. The van der Waals surface area contributed by atoms with Gasteiger partial charge in [-0.3, -0.25) is 0 Å². The predicted molar refractivity (Wildman–Crippen MR) is 72.2 cm³/mol. The quantitative estimate of drug-likeness (QED) is 0.812. The lowest BCUT2D eigenvalue weighted by Gasteiger charge is -2.07. The van der Waals surface area contributed by atoms with E-state index in [1.54, 1.807) is 0 Å². The summed E-state index contributed by atoms with van der Waals surface area (Å²) in [6.45, 7) is 4.68. The number of benzene rings is 2. The van der Waals surface area contributed by atoms with Crippen molar-refractivity contribution in [1.82, 2.24) is 0 Å². The highest BCUT2D eigenvalue weighted by atomic mass is 16.5. The zero-order chi connectivity index (χ0) is 12.3. The molecule has 0 aliphatic heterocycles. The normalized spacial score (nSPS) is 10.2. The molecule has 0 saturated carbocycles. The summed E-state index contributed by atoms with van der Waals surface area (Å²) in [7, 11) is 0. The van der Waals surface area contributed by atoms with Gasteiger partial charge in [0.25, 0.3) is 0 Å². The molecule has 88 valence electrons. The molecule has 0 spiro atoms. The van der Waals surface area contributed by atoms with Crippen LogP contribution in [0.3, 0.4) is 0 Å². The van der Waals surface area contributed by atoms with Gasteiger partial charge in [-0.05, 0) is 48.7 Å². The topological polar surface area (TPSA) is 35.2 Å². The fourth-order valence-electron chi connectivity index (χ4n) is 1.73. The summed E-state index contributed by atoms with van der Waals surface area (Å²) in [5.74, 6) is 0.899. The van der Waals surface area contributed by atoms with Crippen LogP contribution in [0.4, 0.5) is 5.69 Å². The van der Waals surface area contributed by atoms with Crippen molar-refractivity contribution >= 4 is 5.69 Å². The van der Waals surface area contributed by atoms with Crippen LogP contribution in [0.2, 0.25) is 0 Å². The second kappa shape index (κ2) is 4.91. The molecular weight excluding hydrogens is 210 g/mol. The monoisotopic (exact) mass is 227 g/mol. The van der Waals surface area contributed by atoms with E-state index in [-0.39, 0.29) is 0 Å². The Kier molecular flexibility index (Phi) is 3.33. The van der Waals surface area contributed by atoms with Gasteiger partial charge in [-0.2, -0.15) is 0 Å². The zero-order valence-corrected chi connectivity index (χ0v) is 10.2. The van der Waals surface area contributed by atoms with Crippen LogP contribution in [0.25, 0.3) is 11.1 Å². The first-order valence-electron chi connectivity index (χ1n) is 5.80. The number of ether oxygens (including phenoxy) is 1. The first-order valence-corrected chi connectivity index (χ1v) is 5.80. The molecule has 2 rings (SSSR count). The fraction of sp³-hybridized carbons (Fsp3) is 0.200. The van der Waals surface area contributed by atoms with Crippen LogP contribution < -0.4 is 10.5 Å². The molecule has 0 amide bonds. The molecule has 0 radical (unpaired) electrons. The Morgan fingerprint density at radius 3 is 2.24 bits per heavy atom. The van der Waals surface area contributed by atoms with Crippen molar-refractivity contribution in [3.63, 3.8) is 0 Å². The van der Waals surface area contributed by atoms with Gasteiger partial charge in [0, 0.05) is 5.69 Å². The van der Waals surface area contributed by atoms with Crippen molar-refractivity contribution < 1.29 is 4.74 Å². The molecular formula is C15H17NO. The molecule has 0 heterocycles. The van der Waals surface area contributed by atoms with Gasteiger partial charge >= 0.3 is 0 Å². The Balaban J connectivity index is 2.30. The van der Waals surface area contributed by atoms with Crippen LogP contribution in [0.1, 0.15) is 12.5 Å². The second-order valence-corrected chi connectivity index (χ2v) is 4.03. The molecule has 0 aliphatic carbocycles. The molecule has 0 bridgehead atoms. The van der Waals surface area contributed by atoms with Gasteiger partial charge in [-0.15, -0.1) is 0 Å². The van der Waals surface area contributed by atoms with Gasteiger partial charge < -0.3 is 10.5 Å². The Bertz CT molecular complexity index is 503. The van der Waals surface area contributed by atoms with E-state index in [9.17, 15) is 0 Å². The maximum absolute atomic E-state index is 5.91. The number of anilines is 1. The maximum atomic E-state index is 5.91. The standard InChI is InChI=1S/C15H17NO/c1-3-17-14-8-6-12(7-9-14)13-5-4-11(2)15(16)10-13/h4-10H,3,16H2,1-2H3. The van der Waals surface area contributed by atoms with Crippen LogP contribution in [-0.4, -0.2) is 6.61 Å². The van der Waals surface area contributed by atoms with Gasteiger partial charge in [-0.1, -0.05) is 24.3 Å². The first-order chi connectivity index (χ1) is 8.20. The SMILES string of the molecule is CCOc1ccc(-c2ccc(C)c(N)c2)cc1. The van der Waals surface area contributed by atoms with E-state index in [1.807, 2.05) is 38.1 Å². The number of hydrogen-bond donors (Lipinski definition) is 1. The first kappa shape index (κ1) is 11.5. The summed E-state index contributed by atoms with van der Waals surface area (Å²) >= 11 is 0. The van der Waals surface area contributed by atoms with Crippen LogP contribution in [0.5, 0.6) is 5.75 Å². The van der Waals surface area contributed by atoms with Crippen molar-refractivity contribution in [2.24, 2.45) is 0 Å². The molecule has 2 aromatic carbocycles. The van der Waals surface area contributed by atoms with Gasteiger partial charge in [0.15, 0.2) is 0 Å². The lowest BCUT2D eigenvalue weighted by molar-refractivity contribution is 0.340. The Morgan fingerprint density at radius 1 is 1.00 bits per heavy atom. The summed E-state index contributed by atoms with van der Waals surface area (Å²) in [6.07, 6.45) is 0. The van der Waals surface area contributed by atoms with E-state index in [4.69, 9.17) is 10.5 Å². The Morgan fingerprint density at radius 2 is 1.65 bits per heavy atom.